The smallest absolute Gasteiger partial charge is 0.118 e. The summed E-state index contributed by atoms with van der Waals surface area (Å²) in [7, 11) is 1.70. The molecule has 4 aromatic rings. The van der Waals surface area contributed by atoms with Crippen LogP contribution in [0.25, 0.3) is 32.9 Å². The van der Waals surface area contributed by atoms with Gasteiger partial charge in [0.05, 0.1) is 12.6 Å². The van der Waals surface area contributed by atoms with E-state index in [9.17, 15) is 0 Å². The third-order valence-corrected chi connectivity index (χ3v) is 4.98. The molecule has 0 atom stereocenters. The van der Waals surface area contributed by atoms with E-state index in [0.717, 1.165) is 17.9 Å². The number of rotatable bonds is 2. The van der Waals surface area contributed by atoms with Gasteiger partial charge >= 0.3 is 0 Å². The fourth-order valence-electron chi connectivity index (χ4n) is 3.86. The van der Waals surface area contributed by atoms with E-state index in [-0.39, 0.29) is 0 Å². The molecule has 0 amide bonds. The van der Waals surface area contributed by atoms with Crippen molar-refractivity contribution < 1.29 is 4.74 Å². The van der Waals surface area contributed by atoms with Gasteiger partial charge in [0, 0.05) is 16.5 Å². The molecule has 0 fully saturated rings. The second-order valence-corrected chi connectivity index (χ2v) is 6.25. The number of aryl methyl sites for hydroxylation is 2. The second kappa shape index (κ2) is 4.63. The van der Waals surface area contributed by atoms with Crippen LogP contribution in [0.3, 0.4) is 0 Å². The van der Waals surface area contributed by atoms with Gasteiger partial charge in [0.2, 0.25) is 0 Å². The maximum Gasteiger partial charge on any atom is 0.118 e. The first-order valence-corrected chi connectivity index (χ1v) is 8.04. The number of H-pyrrole nitrogens is 1. The van der Waals surface area contributed by atoms with Gasteiger partial charge in [0.15, 0.2) is 0 Å². The van der Waals surface area contributed by atoms with E-state index in [1.54, 1.807) is 7.11 Å². The van der Waals surface area contributed by atoms with Crippen molar-refractivity contribution >= 4 is 21.7 Å². The average molecular weight is 299 g/mol. The molecule has 1 aromatic heterocycles. The highest BCUT2D eigenvalue weighted by molar-refractivity contribution is 6.10. The fourth-order valence-corrected chi connectivity index (χ4v) is 3.86. The van der Waals surface area contributed by atoms with Crippen molar-refractivity contribution in [2.24, 2.45) is 0 Å². The van der Waals surface area contributed by atoms with Gasteiger partial charge in [0.1, 0.15) is 5.75 Å². The number of aromatic amines is 1. The molecule has 1 aliphatic rings. The molecule has 0 radical (unpaired) electrons. The van der Waals surface area contributed by atoms with Gasteiger partial charge in [-0.25, -0.2) is 0 Å². The Hall–Kier alpha value is -2.74. The van der Waals surface area contributed by atoms with Gasteiger partial charge in [-0.1, -0.05) is 18.2 Å². The van der Waals surface area contributed by atoms with E-state index in [0.29, 0.717) is 0 Å². The van der Waals surface area contributed by atoms with Crippen molar-refractivity contribution in [1.82, 2.24) is 4.98 Å². The molecule has 1 N–H and O–H groups in total. The number of benzene rings is 3. The molecule has 3 aromatic carbocycles. The summed E-state index contributed by atoms with van der Waals surface area (Å²) in [6.07, 6.45) is 2.33. The standard InChI is InChI=1S/C21H17NO/c1-23-17-9-7-13(8-10-17)19-12-16-11-15-6-5-14-3-2-4-18(20(14)15)21(16)22-19/h2-4,7-12,22H,5-6H2,1H3. The minimum Gasteiger partial charge on any atom is -0.497 e. The van der Waals surface area contributed by atoms with Crippen LogP contribution >= 0.6 is 0 Å². The van der Waals surface area contributed by atoms with Crippen LogP contribution in [-0.4, -0.2) is 12.1 Å². The number of methoxy groups -OCH3 is 1. The molecule has 0 saturated heterocycles. The minimum atomic E-state index is 0.886. The van der Waals surface area contributed by atoms with Gasteiger partial charge in [0.25, 0.3) is 0 Å². The Labute approximate surface area is 134 Å². The molecule has 0 spiro atoms. The molecule has 1 aliphatic carbocycles. The fraction of sp³-hybridized carbons (Fsp3) is 0.143. The van der Waals surface area contributed by atoms with Crippen LogP contribution in [0.2, 0.25) is 0 Å². The summed E-state index contributed by atoms with van der Waals surface area (Å²) in [4.78, 5) is 3.63. The lowest BCUT2D eigenvalue weighted by atomic mass is 10.0. The zero-order valence-corrected chi connectivity index (χ0v) is 13.0. The highest BCUT2D eigenvalue weighted by Gasteiger charge is 2.17. The lowest BCUT2D eigenvalue weighted by Crippen LogP contribution is -1.83. The van der Waals surface area contributed by atoms with Crippen LogP contribution in [0.4, 0.5) is 0 Å². The van der Waals surface area contributed by atoms with Crippen LogP contribution in [-0.2, 0) is 12.8 Å². The molecular weight excluding hydrogens is 282 g/mol. The van der Waals surface area contributed by atoms with Gasteiger partial charge in [-0.2, -0.15) is 0 Å². The SMILES string of the molecule is COc1ccc(-c2cc3cc4c5c(cccc5c3[nH]2)CC4)cc1. The molecule has 2 heteroatoms. The summed E-state index contributed by atoms with van der Waals surface area (Å²) in [6, 6.07) is 19.5. The molecule has 0 unspecified atom stereocenters. The van der Waals surface area contributed by atoms with Crippen LogP contribution in [0.5, 0.6) is 5.75 Å². The normalized spacial score (nSPS) is 13.1. The molecular formula is C21H17NO. The van der Waals surface area contributed by atoms with Crippen molar-refractivity contribution in [2.75, 3.05) is 7.11 Å². The molecule has 112 valence electrons. The number of nitrogens with one attached hydrogen (secondary N) is 1. The van der Waals surface area contributed by atoms with Crippen molar-refractivity contribution in [3.8, 4) is 17.0 Å². The number of aromatic nitrogens is 1. The van der Waals surface area contributed by atoms with Crippen molar-refractivity contribution in [3.05, 3.63) is 65.7 Å². The largest absolute Gasteiger partial charge is 0.497 e. The number of hydrogen-bond acceptors (Lipinski definition) is 1. The lowest BCUT2D eigenvalue weighted by Gasteiger charge is -2.03. The third kappa shape index (κ3) is 1.81. The summed E-state index contributed by atoms with van der Waals surface area (Å²) >= 11 is 0. The predicted molar refractivity (Wildman–Crippen MR) is 95.2 cm³/mol. The van der Waals surface area contributed by atoms with Crippen LogP contribution in [0.1, 0.15) is 11.1 Å². The Morgan fingerprint density at radius 3 is 2.57 bits per heavy atom. The zero-order chi connectivity index (χ0) is 15.4. The number of ether oxygens (including phenoxy) is 1. The summed E-state index contributed by atoms with van der Waals surface area (Å²) in [6.45, 7) is 0. The van der Waals surface area contributed by atoms with E-state index < -0.39 is 0 Å². The Morgan fingerprint density at radius 2 is 1.74 bits per heavy atom. The minimum absolute atomic E-state index is 0.886. The van der Waals surface area contributed by atoms with E-state index >= 15 is 0 Å². The molecule has 2 nitrogen and oxygen atoms in total. The van der Waals surface area contributed by atoms with Crippen LogP contribution in [0.15, 0.2) is 54.6 Å². The Bertz CT molecular complexity index is 1040. The highest BCUT2D eigenvalue weighted by Crippen LogP contribution is 2.37. The van der Waals surface area contributed by atoms with E-state index in [1.165, 1.54) is 44.8 Å². The van der Waals surface area contributed by atoms with Crippen LogP contribution < -0.4 is 4.74 Å². The molecule has 5 rings (SSSR count). The topological polar surface area (TPSA) is 25.0 Å². The monoisotopic (exact) mass is 299 g/mol. The molecule has 0 bridgehead atoms. The Morgan fingerprint density at radius 1 is 0.913 bits per heavy atom. The van der Waals surface area contributed by atoms with Crippen molar-refractivity contribution in [3.63, 3.8) is 0 Å². The predicted octanol–water partition coefficient (Wildman–Crippen LogP) is 5.10. The summed E-state index contributed by atoms with van der Waals surface area (Å²) in [5.74, 6) is 0.886. The highest BCUT2D eigenvalue weighted by atomic mass is 16.5. The van der Waals surface area contributed by atoms with Gasteiger partial charge in [-0.3, -0.25) is 0 Å². The maximum absolute atomic E-state index is 5.25. The van der Waals surface area contributed by atoms with Crippen LogP contribution in [0, 0.1) is 0 Å². The number of hydrogen-bond donors (Lipinski definition) is 1. The average Bonchev–Trinajstić information content (AvgIpc) is 3.21. The van der Waals surface area contributed by atoms with Gasteiger partial charge < -0.3 is 9.72 Å². The first-order chi connectivity index (χ1) is 11.3. The zero-order valence-electron chi connectivity index (χ0n) is 13.0. The first kappa shape index (κ1) is 12.8. The summed E-state index contributed by atoms with van der Waals surface area (Å²) in [5.41, 5.74) is 6.57. The molecule has 0 saturated carbocycles. The van der Waals surface area contributed by atoms with Gasteiger partial charge in [-0.05, 0) is 71.3 Å². The van der Waals surface area contributed by atoms with Gasteiger partial charge in [-0.15, -0.1) is 0 Å². The second-order valence-electron chi connectivity index (χ2n) is 6.25. The van der Waals surface area contributed by atoms with Crippen molar-refractivity contribution in [1.29, 1.82) is 0 Å². The van der Waals surface area contributed by atoms with E-state index in [4.69, 9.17) is 4.74 Å². The molecule has 23 heavy (non-hydrogen) atoms. The summed E-state index contributed by atoms with van der Waals surface area (Å²) < 4.78 is 5.25. The lowest BCUT2D eigenvalue weighted by molar-refractivity contribution is 0.415. The van der Waals surface area contributed by atoms with E-state index in [2.05, 4.69) is 47.4 Å². The number of fused-ring (bicyclic) bond motifs is 2. The van der Waals surface area contributed by atoms with Crippen molar-refractivity contribution in [2.45, 2.75) is 12.8 Å². The third-order valence-electron chi connectivity index (χ3n) is 4.98. The molecule has 0 aliphatic heterocycles. The quantitative estimate of drug-likeness (QED) is 0.547. The Kier molecular flexibility index (Phi) is 2.57. The first-order valence-electron chi connectivity index (χ1n) is 8.04. The summed E-state index contributed by atoms with van der Waals surface area (Å²) in [5, 5.41) is 4.12. The Balaban J connectivity index is 1.76. The molecule has 1 heterocycles. The maximum atomic E-state index is 5.25. The van der Waals surface area contributed by atoms with E-state index in [1.807, 2.05) is 12.1 Å².